The molecule has 0 saturated carbocycles. The molecule has 0 fully saturated rings. The molecule has 3 rings (SSSR count). The molecule has 0 aliphatic carbocycles. The van der Waals surface area contributed by atoms with Crippen LogP contribution >= 0.6 is 11.3 Å². The Balaban J connectivity index is 1.99. The summed E-state index contributed by atoms with van der Waals surface area (Å²) in [5.41, 5.74) is 1.44. The quantitative estimate of drug-likeness (QED) is 0.784. The first kappa shape index (κ1) is 19.1. The monoisotopic (exact) mass is 404 g/mol. The van der Waals surface area contributed by atoms with Gasteiger partial charge in [0, 0.05) is 10.4 Å². The van der Waals surface area contributed by atoms with E-state index in [0.717, 1.165) is 11.3 Å². The second-order valence-corrected chi connectivity index (χ2v) is 9.21. The van der Waals surface area contributed by atoms with Crippen LogP contribution in [0.5, 0.6) is 0 Å². The summed E-state index contributed by atoms with van der Waals surface area (Å²) in [6.45, 7) is 1.84. The van der Waals surface area contributed by atoms with Crippen molar-refractivity contribution in [2.24, 2.45) is 0 Å². The third-order valence-electron chi connectivity index (χ3n) is 4.07. The molecule has 0 bridgehead atoms. The maximum absolute atomic E-state index is 12.6. The molecular formula is C18H16N2O5S2. The molecule has 1 amide bonds. The fourth-order valence-corrected chi connectivity index (χ4v) is 5.87. The summed E-state index contributed by atoms with van der Waals surface area (Å²) in [6, 6.07) is 8.13. The minimum Gasteiger partial charge on any atom is -0.462 e. The number of hydrogen-bond acceptors (Lipinski definition) is 7. The first-order chi connectivity index (χ1) is 12.8. The Bertz CT molecular complexity index is 1060. The van der Waals surface area contributed by atoms with Gasteiger partial charge in [0.15, 0.2) is 9.84 Å². The number of benzene rings is 1. The molecule has 1 N–H and O–H groups in total. The van der Waals surface area contributed by atoms with E-state index in [-0.39, 0.29) is 40.7 Å². The lowest BCUT2D eigenvalue weighted by Gasteiger charge is -2.13. The smallest absolute Gasteiger partial charge is 0.341 e. The number of carbonyl (C=O) groups is 2. The summed E-state index contributed by atoms with van der Waals surface area (Å²) in [5.74, 6) is -1.27. The van der Waals surface area contributed by atoms with Crippen molar-refractivity contribution < 1.29 is 22.7 Å². The van der Waals surface area contributed by atoms with Crippen LogP contribution in [-0.2, 0) is 26.7 Å². The first-order valence-corrected chi connectivity index (χ1v) is 10.8. The van der Waals surface area contributed by atoms with Crippen molar-refractivity contribution in [2.45, 2.75) is 19.1 Å². The highest BCUT2D eigenvalue weighted by atomic mass is 32.2. The van der Waals surface area contributed by atoms with E-state index in [0.29, 0.717) is 16.0 Å². The Morgan fingerprint density at radius 1 is 1.37 bits per heavy atom. The number of ether oxygens (including phenoxy) is 1. The molecule has 9 heteroatoms. The number of esters is 1. The van der Waals surface area contributed by atoms with E-state index in [4.69, 9.17) is 10.00 Å². The van der Waals surface area contributed by atoms with Gasteiger partial charge in [-0.25, -0.2) is 13.2 Å². The van der Waals surface area contributed by atoms with Gasteiger partial charge >= 0.3 is 5.97 Å². The van der Waals surface area contributed by atoms with Crippen LogP contribution in [0.4, 0.5) is 5.00 Å². The lowest BCUT2D eigenvalue weighted by Crippen LogP contribution is -2.20. The number of anilines is 1. The van der Waals surface area contributed by atoms with E-state index in [1.165, 1.54) is 6.07 Å². The summed E-state index contributed by atoms with van der Waals surface area (Å²) in [7, 11) is -3.22. The second kappa shape index (κ2) is 7.50. The van der Waals surface area contributed by atoms with E-state index in [1.54, 1.807) is 25.1 Å². The first-order valence-electron chi connectivity index (χ1n) is 8.18. The van der Waals surface area contributed by atoms with Crippen molar-refractivity contribution in [3.63, 3.8) is 0 Å². The molecule has 140 valence electrons. The fourth-order valence-electron chi connectivity index (χ4n) is 2.84. The predicted octanol–water partition coefficient (Wildman–Crippen LogP) is 2.52. The summed E-state index contributed by atoms with van der Waals surface area (Å²) < 4.78 is 28.9. The molecule has 1 aliphatic rings. The van der Waals surface area contributed by atoms with Crippen LogP contribution in [0.2, 0.25) is 0 Å². The number of hydrogen-bond donors (Lipinski definition) is 1. The van der Waals surface area contributed by atoms with Crippen molar-refractivity contribution in [1.82, 2.24) is 0 Å². The summed E-state index contributed by atoms with van der Waals surface area (Å²) in [6.07, 6.45) is 0.210. The Morgan fingerprint density at radius 2 is 2.15 bits per heavy atom. The van der Waals surface area contributed by atoms with Gasteiger partial charge in [0.1, 0.15) is 5.00 Å². The van der Waals surface area contributed by atoms with Gasteiger partial charge in [0.25, 0.3) is 5.91 Å². The number of nitrogens with zero attached hydrogens (tertiary/aromatic N) is 1. The maximum atomic E-state index is 12.6. The Kier molecular flexibility index (Phi) is 5.30. The van der Waals surface area contributed by atoms with E-state index in [1.807, 2.05) is 6.07 Å². The number of rotatable bonds is 4. The van der Waals surface area contributed by atoms with Crippen molar-refractivity contribution in [3.8, 4) is 6.07 Å². The van der Waals surface area contributed by atoms with Crippen LogP contribution in [0.25, 0.3) is 0 Å². The zero-order chi connectivity index (χ0) is 19.6. The molecule has 0 spiro atoms. The number of carbonyl (C=O) groups excluding carboxylic acids is 2. The third-order valence-corrected chi connectivity index (χ3v) is 6.95. The number of thiophene rings is 1. The van der Waals surface area contributed by atoms with Gasteiger partial charge in [0.2, 0.25) is 0 Å². The molecule has 27 heavy (non-hydrogen) atoms. The van der Waals surface area contributed by atoms with E-state index < -0.39 is 21.7 Å². The highest BCUT2D eigenvalue weighted by Crippen LogP contribution is 2.38. The SMILES string of the molecule is CCOC(=O)c1c(NC(=O)c2cccc(C#N)c2)sc2c1CCS(=O)(=O)C2. The van der Waals surface area contributed by atoms with Crippen molar-refractivity contribution in [1.29, 1.82) is 5.26 Å². The van der Waals surface area contributed by atoms with Crippen LogP contribution < -0.4 is 5.32 Å². The molecule has 7 nitrogen and oxygen atoms in total. The lowest BCUT2D eigenvalue weighted by atomic mass is 10.1. The van der Waals surface area contributed by atoms with Gasteiger partial charge in [0.05, 0.1) is 35.3 Å². The zero-order valence-corrected chi connectivity index (χ0v) is 16.1. The summed E-state index contributed by atoms with van der Waals surface area (Å²) >= 11 is 1.07. The molecule has 1 aromatic heterocycles. The highest BCUT2D eigenvalue weighted by molar-refractivity contribution is 7.90. The number of amides is 1. The van der Waals surface area contributed by atoms with Crippen LogP contribution in [-0.4, -0.2) is 32.7 Å². The molecule has 0 unspecified atom stereocenters. The van der Waals surface area contributed by atoms with Gasteiger partial charge in [-0.15, -0.1) is 11.3 Å². The Labute approximate surface area is 160 Å². The predicted molar refractivity (Wildman–Crippen MR) is 101 cm³/mol. The molecular weight excluding hydrogens is 388 g/mol. The van der Waals surface area contributed by atoms with Crippen LogP contribution in [0, 0.1) is 11.3 Å². The Morgan fingerprint density at radius 3 is 2.85 bits per heavy atom. The van der Waals surface area contributed by atoms with E-state index in [2.05, 4.69) is 5.32 Å². The average molecular weight is 404 g/mol. The molecule has 2 aromatic rings. The molecule has 0 saturated heterocycles. The second-order valence-electron chi connectivity index (χ2n) is 5.92. The molecule has 1 aliphatic heterocycles. The number of nitrogens with one attached hydrogen (secondary N) is 1. The van der Waals surface area contributed by atoms with Gasteiger partial charge in [-0.2, -0.15) is 5.26 Å². The van der Waals surface area contributed by atoms with Crippen molar-refractivity contribution in [3.05, 3.63) is 51.4 Å². The minimum atomic E-state index is -3.22. The minimum absolute atomic E-state index is 0.0409. The molecule has 1 aromatic carbocycles. The molecule has 0 radical (unpaired) electrons. The van der Waals surface area contributed by atoms with Gasteiger partial charge in [-0.3, -0.25) is 4.79 Å². The zero-order valence-electron chi connectivity index (χ0n) is 14.4. The number of sulfone groups is 1. The van der Waals surface area contributed by atoms with Gasteiger partial charge in [-0.1, -0.05) is 6.07 Å². The fraction of sp³-hybridized carbons (Fsp3) is 0.278. The van der Waals surface area contributed by atoms with E-state index in [9.17, 15) is 18.0 Å². The standard InChI is InChI=1S/C18H16N2O5S2/c1-2-25-18(22)15-13-6-7-27(23,24)10-14(13)26-17(15)20-16(21)12-5-3-4-11(8-12)9-19/h3-5,8H,2,6-7,10H2,1H3,(H,20,21). The van der Waals surface area contributed by atoms with E-state index >= 15 is 0 Å². The average Bonchev–Trinajstić information content (AvgIpc) is 2.97. The van der Waals surface area contributed by atoms with Crippen molar-refractivity contribution >= 4 is 38.1 Å². The molecule has 0 atom stereocenters. The molecule has 2 heterocycles. The van der Waals surface area contributed by atoms with Gasteiger partial charge < -0.3 is 10.1 Å². The van der Waals surface area contributed by atoms with Gasteiger partial charge in [-0.05, 0) is 37.1 Å². The normalized spacial score (nSPS) is 14.7. The number of nitriles is 1. The number of fused-ring (bicyclic) bond motifs is 1. The summed E-state index contributed by atoms with van der Waals surface area (Å²) in [5, 5.41) is 11.9. The topological polar surface area (TPSA) is 113 Å². The Hall–Kier alpha value is -2.70. The van der Waals surface area contributed by atoms with Crippen molar-refractivity contribution in [2.75, 3.05) is 17.7 Å². The maximum Gasteiger partial charge on any atom is 0.341 e. The van der Waals surface area contributed by atoms with Crippen LogP contribution in [0.15, 0.2) is 24.3 Å². The third kappa shape index (κ3) is 4.02. The highest BCUT2D eigenvalue weighted by Gasteiger charge is 2.32. The lowest BCUT2D eigenvalue weighted by molar-refractivity contribution is 0.0527. The van der Waals surface area contributed by atoms with Crippen LogP contribution in [0.3, 0.4) is 0 Å². The largest absolute Gasteiger partial charge is 0.462 e. The summed E-state index contributed by atoms with van der Waals surface area (Å²) in [4.78, 5) is 25.5. The van der Waals surface area contributed by atoms with Crippen LogP contribution in [0.1, 0.15) is 43.6 Å².